The van der Waals surface area contributed by atoms with Crippen LogP contribution in [0.15, 0.2) is 30.7 Å². The molecule has 0 radical (unpaired) electrons. The fourth-order valence-electron chi connectivity index (χ4n) is 1.53. The second-order valence-corrected chi connectivity index (χ2v) is 4.06. The average molecular weight is 250 g/mol. The molecule has 2 rings (SSSR count). The Labute approximate surface area is 104 Å². The highest BCUT2D eigenvalue weighted by Gasteiger charge is 2.09. The molecular formula is C12H12ClN3O. The number of halogens is 1. The molecule has 0 saturated carbocycles. The molecule has 0 spiro atoms. The first-order valence-corrected chi connectivity index (χ1v) is 5.73. The zero-order valence-corrected chi connectivity index (χ0v) is 10.2. The van der Waals surface area contributed by atoms with Crippen molar-refractivity contribution in [3.63, 3.8) is 0 Å². The first-order valence-electron chi connectivity index (χ1n) is 5.35. The van der Waals surface area contributed by atoms with Crippen LogP contribution in [0.25, 0.3) is 0 Å². The molecule has 0 atom stereocenters. The van der Waals surface area contributed by atoms with Crippen molar-refractivity contribution in [2.24, 2.45) is 0 Å². The van der Waals surface area contributed by atoms with E-state index in [1.165, 1.54) is 6.20 Å². The normalized spacial score (nSPS) is 10.5. The lowest BCUT2D eigenvalue weighted by molar-refractivity contribution is 0.0993. The molecule has 5 heteroatoms. The summed E-state index contributed by atoms with van der Waals surface area (Å²) < 4.78 is 1.79. The number of aromatic nitrogens is 3. The van der Waals surface area contributed by atoms with Crippen molar-refractivity contribution < 1.29 is 4.79 Å². The van der Waals surface area contributed by atoms with Crippen molar-refractivity contribution in [2.75, 3.05) is 0 Å². The van der Waals surface area contributed by atoms with Crippen LogP contribution >= 0.6 is 11.6 Å². The maximum atomic E-state index is 11.9. The minimum absolute atomic E-state index is 0.0185. The van der Waals surface area contributed by atoms with E-state index in [2.05, 4.69) is 10.1 Å². The van der Waals surface area contributed by atoms with Gasteiger partial charge in [0.25, 0.3) is 0 Å². The summed E-state index contributed by atoms with van der Waals surface area (Å²) in [5.41, 5.74) is 1.49. The second kappa shape index (κ2) is 5.10. The molecule has 0 amide bonds. The molecule has 2 heterocycles. The van der Waals surface area contributed by atoms with Gasteiger partial charge in [0.1, 0.15) is 5.15 Å². The van der Waals surface area contributed by atoms with E-state index in [9.17, 15) is 4.79 Å². The molecule has 17 heavy (non-hydrogen) atoms. The van der Waals surface area contributed by atoms with Gasteiger partial charge in [-0.2, -0.15) is 5.10 Å². The number of carbonyl (C=O) groups is 1. The summed E-state index contributed by atoms with van der Waals surface area (Å²) in [6.07, 6.45) is 5.45. The van der Waals surface area contributed by atoms with Gasteiger partial charge < -0.3 is 0 Å². The third kappa shape index (κ3) is 2.91. The van der Waals surface area contributed by atoms with Crippen LogP contribution in [-0.4, -0.2) is 20.5 Å². The SMILES string of the molecule is CCn1cc(CC(=O)c2ccnc(Cl)c2)cn1. The topological polar surface area (TPSA) is 47.8 Å². The molecular weight excluding hydrogens is 238 g/mol. The van der Waals surface area contributed by atoms with Crippen molar-refractivity contribution in [2.45, 2.75) is 19.9 Å². The Morgan fingerprint density at radius 1 is 1.53 bits per heavy atom. The fourth-order valence-corrected chi connectivity index (χ4v) is 1.71. The number of rotatable bonds is 4. The van der Waals surface area contributed by atoms with Gasteiger partial charge in [0.05, 0.1) is 6.20 Å². The zero-order valence-electron chi connectivity index (χ0n) is 9.43. The average Bonchev–Trinajstić information content (AvgIpc) is 2.77. The summed E-state index contributed by atoms with van der Waals surface area (Å²) in [4.78, 5) is 15.8. The van der Waals surface area contributed by atoms with Crippen LogP contribution in [0.4, 0.5) is 0 Å². The number of Topliss-reactive ketones (excluding diaryl/α,β-unsaturated/α-hetero) is 1. The van der Waals surface area contributed by atoms with Gasteiger partial charge in [-0.05, 0) is 24.6 Å². The van der Waals surface area contributed by atoms with Gasteiger partial charge in [0.2, 0.25) is 0 Å². The summed E-state index contributed by atoms with van der Waals surface area (Å²) >= 11 is 5.74. The van der Waals surface area contributed by atoms with Crippen LogP contribution in [0.3, 0.4) is 0 Å². The Hall–Kier alpha value is -1.68. The van der Waals surface area contributed by atoms with Gasteiger partial charge >= 0.3 is 0 Å². The summed E-state index contributed by atoms with van der Waals surface area (Å²) in [7, 11) is 0. The molecule has 0 N–H and O–H groups in total. The van der Waals surface area contributed by atoms with Gasteiger partial charge in [-0.3, -0.25) is 9.48 Å². The van der Waals surface area contributed by atoms with E-state index in [-0.39, 0.29) is 5.78 Å². The van der Waals surface area contributed by atoms with Gasteiger partial charge in [-0.15, -0.1) is 0 Å². The molecule has 0 aliphatic heterocycles. The predicted octanol–water partition coefficient (Wildman–Crippen LogP) is 2.38. The highest BCUT2D eigenvalue weighted by Crippen LogP contribution is 2.10. The van der Waals surface area contributed by atoms with Crippen LogP contribution in [0.1, 0.15) is 22.8 Å². The molecule has 4 nitrogen and oxygen atoms in total. The number of hydrogen-bond acceptors (Lipinski definition) is 3. The molecule has 2 aromatic rings. The molecule has 0 bridgehead atoms. The molecule has 0 aromatic carbocycles. The molecule has 88 valence electrons. The monoisotopic (exact) mass is 249 g/mol. The Kier molecular flexibility index (Phi) is 3.54. The molecule has 0 fully saturated rings. The number of ketones is 1. The lowest BCUT2D eigenvalue weighted by Crippen LogP contribution is -2.03. The lowest BCUT2D eigenvalue weighted by atomic mass is 10.1. The highest BCUT2D eigenvalue weighted by atomic mass is 35.5. The van der Waals surface area contributed by atoms with E-state index < -0.39 is 0 Å². The van der Waals surface area contributed by atoms with E-state index >= 15 is 0 Å². The van der Waals surface area contributed by atoms with E-state index in [1.54, 1.807) is 23.0 Å². The second-order valence-electron chi connectivity index (χ2n) is 3.67. The summed E-state index contributed by atoms with van der Waals surface area (Å²) in [6.45, 7) is 2.80. The van der Waals surface area contributed by atoms with E-state index in [0.29, 0.717) is 17.1 Å². The van der Waals surface area contributed by atoms with Crippen molar-refractivity contribution >= 4 is 17.4 Å². The first kappa shape index (κ1) is 11.8. The number of carbonyl (C=O) groups excluding carboxylic acids is 1. The number of nitrogens with zero attached hydrogens (tertiary/aromatic N) is 3. The maximum absolute atomic E-state index is 11.9. The predicted molar refractivity (Wildman–Crippen MR) is 65.2 cm³/mol. The number of aryl methyl sites for hydroxylation is 1. The maximum Gasteiger partial charge on any atom is 0.167 e. The van der Waals surface area contributed by atoms with Gasteiger partial charge in [-0.25, -0.2) is 4.98 Å². The van der Waals surface area contributed by atoms with Crippen LogP contribution < -0.4 is 0 Å². The molecule has 0 saturated heterocycles. The third-order valence-electron chi connectivity index (χ3n) is 2.42. The molecule has 0 aliphatic carbocycles. The van der Waals surface area contributed by atoms with Crippen molar-refractivity contribution in [1.82, 2.24) is 14.8 Å². The van der Waals surface area contributed by atoms with Crippen LogP contribution in [0, 0.1) is 0 Å². The minimum atomic E-state index is 0.0185. The lowest BCUT2D eigenvalue weighted by Gasteiger charge is -1.99. The first-order chi connectivity index (χ1) is 8.19. The molecule has 2 aromatic heterocycles. The van der Waals surface area contributed by atoms with Crippen molar-refractivity contribution in [3.8, 4) is 0 Å². The Balaban J connectivity index is 2.11. The third-order valence-corrected chi connectivity index (χ3v) is 2.63. The van der Waals surface area contributed by atoms with Crippen LogP contribution in [0.5, 0.6) is 0 Å². The van der Waals surface area contributed by atoms with Crippen molar-refractivity contribution in [3.05, 3.63) is 47.0 Å². The number of hydrogen-bond donors (Lipinski definition) is 0. The largest absolute Gasteiger partial charge is 0.294 e. The number of pyridine rings is 1. The molecule has 0 aliphatic rings. The summed E-state index contributed by atoms with van der Waals surface area (Å²) in [6, 6.07) is 3.24. The summed E-state index contributed by atoms with van der Waals surface area (Å²) in [5, 5.41) is 4.46. The van der Waals surface area contributed by atoms with Gasteiger partial charge in [0.15, 0.2) is 5.78 Å². The van der Waals surface area contributed by atoms with Crippen LogP contribution in [0.2, 0.25) is 5.15 Å². The fraction of sp³-hybridized carbons (Fsp3) is 0.250. The Bertz CT molecular complexity index is 536. The molecule has 0 unspecified atom stereocenters. The van der Waals surface area contributed by atoms with E-state index in [1.807, 2.05) is 13.1 Å². The Morgan fingerprint density at radius 2 is 2.35 bits per heavy atom. The standard InChI is InChI=1S/C12H12ClN3O/c1-2-16-8-9(7-15-16)5-11(17)10-3-4-14-12(13)6-10/h3-4,6-8H,2,5H2,1H3. The van der Waals surface area contributed by atoms with E-state index in [4.69, 9.17) is 11.6 Å². The summed E-state index contributed by atoms with van der Waals surface area (Å²) in [5.74, 6) is 0.0185. The quantitative estimate of drug-likeness (QED) is 0.617. The zero-order chi connectivity index (χ0) is 12.3. The smallest absolute Gasteiger partial charge is 0.167 e. The van der Waals surface area contributed by atoms with Gasteiger partial charge in [0, 0.05) is 30.9 Å². The van der Waals surface area contributed by atoms with Crippen LogP contribution in [-0.2, 0) is 13.0 Å². The highest BCUT2D eigenvalue weighted by molar-refractivity contribution is 6.29. The Morgan fingerprint density at radius 3 is 3.00 bits per heavy atom. The van der Waals surface area contributed by atoms with Gasteiger partial charge in [-0.1, -0.05) is 11.6 Å². The van der Waals surface area contributed by atoms with Crippen molar-refractivity contribution in [1.29, 1.82) is 0 Å². The minimum Gasteiger partial charge on any atom is -0.294 e. The van der Waals surface area contributed by atoms with E-state index in [0.717, 1.165) is 12.1 Å².